The summed E-state index contributed by atoms with van der Waals surface area (Å²) in [7, 11) is 2.08. The van der Waals surface area contributed by atoms with Crippen LogP contribution in [-0.2, 0) is 4.74 Å². The second-order valence-corrected chi connectivity index (χ2v) is 6.52. The van der Waals surface area contributed by atoms with E-state index < -0.39 is 0 Å². The highest BCUT2D eigenvalue weighted by Crippen LogP contribution is 2.33. The molecule has 0 aliphatic heterocycles. The quantitative estimate of drug-likeness (QED) is 0.767. The zero-order valence-electron chi connectivity index (χ0n) is 12.4. The second kappa shape index (κ2) is 6.75. The maximum atomic E-state index is 6.01. The van der Waals surface area contributed by atoms with E-state index in [0.29, 0.717) is 12.1 Å². The summed E-state index contributed by atoms with van der Waals surface area (Å²) in [5.74, 6) is 0.915. The predicted octanol–water partition coefficient (Wildman–Crippen LogP) is 3.61. The number of ether oxygens (including phenoxy) is 1. The third-order valence-corrected chi connectivity index (χ3v) is 4.00. The van der Waals surface area contributed by atoms with Crippen molar-refractivity contribution in [3.8, 4) is 0 Å². The molecule has 2 atom stereocenters. The van der Waals surface area contributed by atoms with Gasteiger partial charge in [-0.3, -0.25) is 0 Å². The van der Waals surface area contributed by atoms with Gasteiger partial charge in [0.1, 0.15) is 0 Å². The Morgan fingerprint density at radius 2 is 1.82 bits per heavy atom. The van der Waals surface area contributed by atoms with Crippen molar-refractivity contribution in [1.29, 1.82) is 0 Å². The molecule has 102 valence electrons. The smallest absolute Gasteiger partial charge is 0.0775 e. The molecule has 1 aliphatic rings. The average Bonchev–Trinajstić information content (AvgIpc) is 2.74. The summed E-state index contributed by atoms with van der Waals surface area (Å²) in [5.41, 5.74) is 0.211. The molecule has 0 radical (unpaired) electrons. The maximum Gasteiger partial charge on any atom is 0.0775 e. The van der Waals surface area contributed by atoms with Gasteiger partial charge < -0.3 is 10.1 Å². The summed E-state index contributed by atoms with van der Waals surface area (Å²) in [4.78, 5) is 0. The Balaban J connectivity index is 2.60. The highest BCUT2D eigenvalue weighted by Gasteiger charge is 2.33. The van der Waals surface area contributed by atoms with E-state index in [1.54, 1.807) is 0 Å². The van der Waals surface area contributed by atoms with Crippen molar-refractivity contribution >= 4 is 0 Å². The Labute approximate surface area is 108 Å². The van der Waals surface area contributed by atoms with Gasteiger partial charge in [-0.25, -0.2) is 0 Å². The Bertz CT molecular complexity index is 203. The monoisotopic (exact) mass is 241 g/mol. The van der Waals surface area contributed by atoms with Gasteiger partial charge in [-0.15, -0.1) is 0 Å². The van der Waals surface area contributed by atoms with Crippen LogP contribution >= 0.6 is 0 Å². The summed E-state index contributed by atoms with van der Waals surface area (Å²) in [6, 6.07) is 0.498. The minimum Gasteiger partial charge on any atom is -0.376 e. The lowest BCUT2D eigenvalue weighted by molar-refractivity contribution is -0.0388. The molecule has 0 heterocycles. The lowest BCUT2D eigenvalue weighted by Crippen LogP contribution is -2.47. The van der Waals surface area contributed by atoms with Crippen LogP contribution in [0.4, 0.5) is 0 Å². The van der Waals surface area contributed by atoms with Gasteiger partial charge in [-0.1, -0.05) is 46.5 Å². The van der Waals surface area contributed by atoms with Gasteiger partial charge in [0.2, 0.25) is 0 Å². The van der Waals surface area contributed by atoms with Crippen LogP contribution in [0.15, 0.2) is 0 Å². The van der Waals surface area contributed by atoms with Crippen molar-refractivity contribution in [2.75, 3.05) is 13.7 Å². The van der Waals surface area contributed by atoms with E-state index in [1.165, 1.54) is 32.1 Å². The third kappa shape index (κ3) is 4.59. The number of rotatable bonds is 6. The Kier molecular flexibility index (Phi) is 5.94. The minimum atomic E-state index is 0.211. The molecule has 1 aliphatic carbocycles. The number of hydrogen-bond acceptors (Lipinski definition) is 2. The molecule has 0 aromatic rings. The number of hydrogen-bond donors (Lipinski definition) is 1. The van der Waals surface area contributed by atoms with Gasteiger partial charge >= 0.3 is 0 Å². The van der Waals surface area contributed by atoms with Crippen LogP contribution < -0.4 is 5.32 Å². The molecule has 1 saturated carbocycles. The molecule has 1 N–H and O–H groups in total. The fraction of sp³-hybridized carbons (Fsp3) is 1.00. The van der Waals surface area contributed by atoms with Gasteiger partial charge in [0.05, 0.1) is 6.10 Å². The topological polar surface area (TPSA) is 21.3 Å². The van der Waals surface area contributed by atoms with Crippen molar-refractivity contribution in [3.05, 3.63) is 0 Å². The van der Waals surface area contributed by atoms with E-state index >= 15 is 0 Å². The summed E-state index contributed by atoms with van der Waals surface area (Å²) in [5, 5.41) is 3.50. The molecule has 2 unspecified atom stereocenters. The Morgan fingerprint density at radius 1 is 1.24 bits per heavy atom. The van der Waals surface area contributed by atoms with Crippen molar-refractivity contribution < 1.29 is 4.74 Å². The molecule has 2 nitrogen and oxygen atoms in total. The van der Waals surface area contributed by atoms with Crippen LogP contribution in [0.3, 0.4) is 0 Å². The van der Waals surface area contributed by atoms with Crippen molar-refractivity contribution in [2.45, 2.75) is 71.9 Å². The van der Waals surface area contributed by atoms with Gasteiger partial charge in [0, 0.05) is 12.6 Å². The molecule has 0 spiro atoms. The summed E-state index contributed by atoms with van der Waals surface area (Å²) >= 11 is 0. The standard InChI is InChI=1S/C15H31NO/c1-6-17-14(15(2,3)4)13(16-5)11-12-9-7-8-10-12/h12-14,16H,6-11H2,1-5H3. The fourth-order valence-electron chi connectivity index (χ4n) is 3.15. The molecule has 2 heteroatoms. The molecule has 1 fully saturated rings. The predicted molar refractivity (Wildman–Crippen MR) is 74.3 cm³/mol. The summed E-state index contributed by atoms with van der Waals surface area (Å²) in [6.07, 6.45) is 7.28. The van der Waals surface area contributed by atoms with E-state index in [1.807, 2.05) is 0 Å². The number of nitrogens with one attached hydrogen (secondary N) is 1. The molecular formula is C15H31NO. The van der Waals surface area contributed by atoms with E-state index in [2.05, 4.69) is 40.1 Å². The first-order valence-corrected chi connectivity index (χ1v) is 7.28. The number of likely N-dealkylation sites (N-methyl/N-ethyl adjacent to an activating group) is 1. The highest BCUT2D eigenvalue weighted by atomic mass is 16.5. The van der Waals surface area contributed by atoms with Crippen LogP contribution in [0.25, 0.3) is 0 Å². The fourth-order valence-corrected chi connectivity index (χ4v) is 3.15. The van der Waals surface area contributed by atoms with Crippen LogP contribution in [-0.4, -0.2) is 25.8 Å². The molecule has 0 bridgehead atoms. The normalized spacial score (nSPS) is 21.7. The molecule has 0 aromatic heterocycles. The average molecular weight is 241 g/mol. The lowest BCUT2D eigenvalue weighted by atomic mass is 9.81. The van der Waals surface area contributed by atoms with E-state index in [4.69, 9.17) is 4.74 Å². The lowest BCUT2D eigenvalue weighted by Gasteiger charge is -2.37. The molecule has 17 heavy (non-hydrogen) atoms. The van der Waals surface area contributed by atoms with Crippen molar-refractivity contribution in [3.63, 3.8) is 0 Å². The SMILES string of the molecule is CCOC(C(CC1CCCC1)NC)C(C)(C)C. The summed E-state index contributed by atoms with van der Waals surface area (Å²) < 4.78 is 6.01. The Morgan fingerprint density at radius 3 is 2.24 bits per heavy atom. The maximum absolute atomic E-state index is 6.01. The molecule has 1 rings (SSSR count). The molecule has 0 saturated heterocycles. The third-order valence-electron chi connectivity index (χ3n) is 4.00. The molecule has 0 amide bonds. The molecule has 0 aromatic carbocycles. The van der Waals surface area contributed by atoms with Crippen molar-refractivity contribution in [1.82, 2.24) is 5.32 Å². The first kappa shape index (κ1) is 15.0. The zero-order valence-corrected chi connectivity index (χ0v) is 12.4. The highest BCUT2D eigenvalue weighted by molar-refractivity contribution is 4.88. The first-order valence-electron chi connectivity index (χ1n) is 7.28. The van der Waals surface area contributed by atoms with E-state index in [9.17, 15) is 0 Å². The Hall–Kier alpha value is -0.0800. The van der Waals surface area contributed by atoms with Crippen molar-refractivity contribution in [2.24, 2.45) is 11.3 Å². The minimum absolute atomic E-state index is 0.211. The van der Waals surface area contributed by atoms with Crippen LogP contribution in [0.2, 0.25) is 0 Å². The van der Waals surface area contributed by atoms with Gasteiger partial charge in [-0.2, -0.15) is 0 Å². The van der Waals surface area contributed by atoms with E-state index in [-0.39, 0.29) is 5.41 Å². The molecular weight excluding hydrogens is 210 g/mol. The first-order chi connectivity index (χ1) is 7.99. The van der Waals surface area contributed by atoms with Gasteiger partial charge in [0.25, 0.3) is 0 Å². The van der Waals surface area contributed by atoms with Gasteiger partial charge in [0.15, 0.2) is 0 Å². The second-order valence-electron chi connectivity index (χ2n) is 6.52. The zero-order chi connectivity index (χ0) is 12.9. The largest absolute Gasteiger partial charge is 0.376 e. The van der Waals surface area contributed by atoms with Gasteiger partial charge in [-0.05, 0) is 31.7 Å². The van der Waals surface area contributed by atoms with Crippen LogP contribution in [0, 0.1) is 11.3 Å². The summed E-state index contributed by atoms with van der Waals surface area (Å²) in [6.45, 7) is 9.76. The van der Waals surface area contributed by atoms with Crippen LogP contribution in [0.5, 0.6) is 0 Å². The van der Waals surface area contributed by atoms with Crippen LogP contribution in [0.1, 0.15) is 59.8 Å². The van der Waals surface area contributed by atoms with E-state index in [0.717, 1.165) is 12.5 Å².